The lowest BCUT2D eigenvalue weighted by molar-refractivity contribution is -0.116. The van der Waals surface area contributed by atoms with Gasteiger partial charge in [-0.1, -0.05) is 29.3 Å². The second-order valence-corrected chi connectivity index (χ2v) is 6.59. The van der Waals surface area contributed by atoms with Gasteiger partial charge < -0.3 is 16.0 Å². The molecule has 0 atom stereocenters. The van der Waals surface area contributed by atoms with Gasteiger partial charge in [-0.15, -0.1) is 0 Å². The molecular weight excluding hydrogens is 330 g/mol. The highest BCUT2D eigenvalue weighted by atomic mass is 79.9. The van der Waals surface area contributed by atoms with Crippen LogP contribution in [0.4, 0.5) is 5.69 Å². The van der Waals surface area contributed by atoms with Gasteiger partial charge in [0.25, 0.3) is 0 Å². The van der Waals surface area contributed by atoms with Gasteiger partial charge in [-0.05, 0) is 43.0 Å². The molecular formula is C16H24BrN3O. The van der Waals surface area contributed by atoms with E-state index >= 15 is 0 Å². The Balaban J connectivity index is 2.16. The van der Waals surface area contributed by atoms with E-state index in [-0.39, 0.29) is 12.5 Å². The van der Waals surface area contributed by atoms with E-state index in [2.05, 4.69) is 45.2 Å². The Morgan fingerprint density at radius 2 is 2.24 bits per heavy atom. The van der Waals surface area contributed by atoms with Crippen LogP contribution >= 0.6 is 15.9 Å². The standard InChI is InChI=1S/C16H24BrN3O/c1-2-3-8-20(11-16(18)21)15-7-4-13(17)9-12(15)10-19-14-5-6-14/h4,7,9,14,19H,2-3,5-6,8,10-11H2,1H3,(H2,18,21). The summed E-state index contributed by atoms with van der Waals surface area (Å²) in [6, 6.07) is 6.89. The minimum Gasteiger partial charge on any atom is -0.368 e. The molecule has 1 aromatic rings. The highest BCUT2D eigenvalue weighted by Gasteiger charge is 2.21. The van der Waals surface area contributed by atoms with Crippen LogP contribution in [0.15, 0.2) is 22.7 Å². The Hall–Kier alpha value is -1.07. The van der Waals surface area contributed by atoms with Crippen LogP contribution in [-0.2, 0) is 11.3 Å². The van der Waals surface area contributed by atoms with Crippen LogP contribution in [0, 0.1) is 0 Å². The van der Waals surface area contributed by atoms with Crippen LogP contribution < -0.4 is 16.0 Å². The van der Waals surface area contributed by atoms with Crippen molar-refractivity contribution in [2.45, 2.75) is 45.2 Å². The highest BCUT2D eigenvalue weighted by Crippen LogP contribution is 2.27. The fourth-order valence-electron chi connectivity index (χ4n) is 2.37. The van der Waals surface area contributed by atoms with Crippen molar-refractivity contribution in [1.29, 1.82) is 0 Å². The number of nitrogens with two attached hydrogens (primary N) is 1. The first kappa shape index (κ1) is 16.3. The molecule has 1 fully saturated rings. The molecule has 2 rings (SSSR count). The highest BCUT2D eigenvalue weighted by molar-refractivity contribution is 9.10. The fourth-order valence-corrected chi connectivity index (χ4v) is 2.78. The van der Waals surface area contributed by atoms with E-state index in [9.17, 15) is 4.79 Å². The third-order valence-electron chi connectivity index (χ3n) is 3.67. The first-order chi connectivity index (χ1) is 10.1. The van der Waals surface area contributed by atoms with E-state index in [0.29, 0.717) is 6.04 Å². The molecule has 0 aliphatic heterocycles. The van der Waals surface area contributed by atoms with E-state index in [1.807, 2.05) is 6.07 Å². The van der Waals surface area contributed by atoms with Gasteiger partial charge in [-0.3, -0.25) is 4.79 Å². The van der Waals surface area contributed by atoms with E-state index < -0.39 is 0 Å². The first-order valence-electron chi connectivity index (χ1n) is 7.65. The number of carbonyl (C=O) groups is 1. The van der Waals surface area contributed by atoms with Crippen molar-refractivity contribution < 1.29 is 4.79 Å². The van der Waals surface area contributed by atoms with Crippen LogP contribution in [0.1, 0.15) is 38.2 Å². The van der Waals surface area contributed by atoms with Gasteiger partial charge in [0.05, 0.1) is 6.54 Å². The molecule has 0 radical (unpaired) electrons. The number of nitrogens with zero attached hydrogens (tertiary/aromatic N) is 1. The molecule has 0 aromatic heterocycles. The number of amides is 1. The van der Waals surface area contributed by atoms with Crippen LogP contribution in [-0.4, -0.2) is 25.0 Å². The Bertz CT molecular complexity index is 488. The molecule has 4 nitrogen and oxygen atoms in total. The second-order valence-electron chi connectivity index (χ2n) is 5.67. The smallest absolute Gasteiger partial charge is 0.236 e. The molecule has 0 unspecified atom stereocenters. The van der Waals surface area contributed by atoms with Crippen molar-refractivity contribution in [3.8, 4) is 0 Å². The van der Waals surface area contributed by atoms with Crippen molar-refractivity contribution in [3.63, 3.8) is 0 Å². The monoisotopic (exact) mass is 353 g/mol. The molecule has 0 bridgehead atoms. The van der Waals surface area contributed by atoms with Gasteiger partial charge in [0.15, 0.2) is 0 Å². The zero-order chi connectivity index (χ0) is 15.2. The van der Waals surface area contributed by atoms with Gasteiger partial charge in [0.2, 0.25) is 5.91 Å². The molecule has 0 saturated heterocycles. The van der Waals surface area contributed by atoms with Gasteiger partial charge in [-0.2, -0.15) is 0 Å². The summed E-state index contributed by atoms with van der Waals surface area (Å²) in [6.45, 7) is 4.12. The number of hydrogen-bond acceptors (Lipinski definition) is 3. The molecule has 1 amide bonds. The van der Waals surface area contributed by atoms with E-state index in [1.54, 1.807) is 0 Å². The van der Waals surface area contributed by atoms with Gasteiger partial charge in [-0.25, -0.2) is 0 Å². The van der Waals surface area contributed by atoms with Crippen molar-refractivity contribution in [1.82, 2.24) is 5.32 Å². The SMILES string of the molecule is CCCCN(CC(N)=O)c1ccc(Br)cc1CNC1CC1. The fraction of sp³-hybridized carbons (Fsp3) is 0.562. The van der Waals surface area contributed by atoms with Crippen molar-refractivity contribution in [3.05, 3.63) is 28.2 Å². The van der Waals surface area contributed by atoms with Crippen molar-refractivity contribution >= 4 is 27.5 Å². The van der Waals surface area contributed by atoms with Gasteiger partial charge in [0, 0.05) is 29.3 Å². The average Bonchev–Trinajstić information content (AvgIpc) is 3.25. The third-order valence-corrected chi connectivity index (χ3v) is 4.16. The summed E-state index contributed by atoms with van der Waals surface area (Å²) in [6.07, 6.45) is 4.69. The normalized spacial score (nSPS) is 14.2. The molecule has 1 aromatic carbocycles. The van der Waals surface area contributed by atoms with E-state index in [4.69, 9.17) is 5.73 Å². The number of primary amides is 1. The second kappa shape index (κ2) is 7.80. The molecule has 1 aliphatic rings. The summed E-state index contributed by atoms with van der Waals surface area (Å²) in [7, 11) is 0. The molecule has 0 spiro atoms. The molecule has 1 saturated carbocycles. The quantitative estimate of drug-likeness (QED) is 0.717. The number of hydrogen-bond donors (Lipinski definition) is 2. The minimum absolute atomic E-state index is 0.276. The van der Waals surface area contributed by atoms with Crippen LogP contribution in [0.2, 0.25) is 0 Å². The number of rotatable bonds is 9. The Morgan fingerprint density at radius 3 is 2.86 bits per heavy atom. The number of anilines is 1. The number of benzene rings is 1. The molecule has 21 heavy (non-hydrogen) atoms. The van der Waals surface area contributed by atoms with Gasteiger partial charge in [0.1, 0.15) is 0 Å². The molecule has 3 N–H and O–H groups in total. The van der Waals surface area contributed by atoms with E-state index in [0.717, 1.165) is 36.1 Å². The number of nitrogens with one attached hydrogen (secondary N) is 1. The van der Waals surface area contributed by atoms with Gasteiger partial charge >= 0.3 is 0 Å². The Labute approximate surface area is 135 Å². The van der Waals surface area contributed by atoms with Crippen molar-refractivity contribution in [2.75, 3.05) is 18.0 Å². The summed E-state index contributed by atoms with van der Waals surface area (Å²) in [5.74, 6) is -0.282. The molecule has 5 heteroatoms. The molecule has 0 heterocycles. The lowest BCUT2D eigenvalue weighted by atomic mass is 10.1. The maximum absolute atomic E-state index is 11.4. The molecule has 1 aliphatic carbocycles. The molecule has 116 valence electrons. The van der Waals surface area contributed by atoms with Crippen LogP contribution in [0.5, 0.6) is 0 Å². The van der Waals surface area contributed by atoms with Crippen LogP contribution in [0.25, 0.3) is 0 Å². The van der Waals surface area contributed by atoms with Crippen LogP contribution in [0.3, 0.4) is 0 Å². The average molecular weight is 354 g/mol. The topological polar surface area (TPSA) is 58.4 Å². The Kier molecular flexibility index (Phi) is 6.06. The summed E-state index contributed by atoms with van der Waals surface area (Å²) in [5, 5.41) is 3.54. The summed E-state index contributed by atoms with van der Waals surface area (Å²) in [5.41, 5.74) is 7.74. The predicted octanol–water partition coefficient (Wildman–Crippen LogP) is 2.79. The number of halogens is 1. The lowest BCUT2D eigenvalue weighted by Gasteiger charge is -2.26. The third kappa shape index (κ3) is 5.32. The summed E-state index contributed by atoms with van der Waals surface area (Å²) < 4.78 is 1.06. The maximum Gasteiger partial charge on any atom is 0.236 e. The van der Waals surface area contributed by atoms with E-state index in [1.165, 1.54) is 18.4 Å². The summed E-state index contributed by atoms with van der Waals surface area (Å²) >= 11 is 3.53. The maximum atomic E-state index is 11.4. The Morgan fingerprint density at radius 1 is 1.48 bits per heavy atom. The minimum atomic E-state index is -0.282. The van der Waals surface area contributed by atoms with Crippen molar-refractivity contribution in [2.24, 2.45) is 5.73 Å². The summed E-state index contributed by atoms with van der Waals surface area (Å²) in [4.78, 5) is 13.5. The zero-order valence-electron chi connectivity index (χ0n) is 12.6. The predicted molar refractivity (Wildman–Crippen MR) is 90.3 cm³/mol. The number of unbranched alkanes of at least 4 members (excludes halogenated alkanes) is 1. The first-order valence-corrected chi connectivity index (χ1v) is 8.44. The number of carbonyl (C=O) groups excluding carboxylic acids is 1. The zero-order valence-corrected chi connectivity index (χ0v) is 14.2. The lowest BCUT2D eigenvalue weighted by Crippen LogP contribution is -2.35. The largest absolute Gasteiger partial charge is 0.368 e.